The molecule has 19 heavy (non-hydrogen) atoms. The summed E-state index contributed by atoms with van der Waals surface area (Å²) >= 11 is 0. The molecule has 0 saturated carbocycles. The highest BCUT2D eigenvalue weighted by Gasteiger charge is 2.08. The molecule has 2 aromatic heterocycles. The molecule has 94 valence electrons. The van der Waals surface area contributed by atoms with Crippen molar-refractivity contribution < 1.29 is 9.52 Å². The fourth-order valence-electron chi connectivity index (χ4n) is 1.76. The molecule has 0 saturated heterocycles. The van der Waals surface area contributed by atoms with Gasteiger partial charge in [0.05, 0.1) is 11.8 Å². The molecule has 0 aliphatic heterocycles. The van der Waals surface area contributed by atoms with E-state index in [2.05, 4.69) is 9.97 Å². The Labute approximate surface area is 110 Å². The molecule has 3 rings (SSSR count). The van der Waals surface area contributed by atoms with Crippen LogP contribution in [-0.4, -0.2) is 15.1 Å². The fourth-order valence-corrected chi connectivity index (χ4v) is 1.76. The van der Waals surface area contributed by atoms with Crippen LogP contribution in [0.15, 0.2) is 53.2 Å². The van der Waals surface area contributed by atoms with Crippen LogP contribution in [0.25, 0.3) is 22.8 Å². The van der Waals surface area contributed by atoms with Gasteiger partial charge in [0.25, 0.3) is 0 Å². The zero-order valence-corrected chi connectivity index (χ0v) is 10.4. The summed E-state index contributed by atoms with van der Waals surface area (Å²) in [4.78, 5) is 8.46. The molecule has 3 aromatic rings. The Kier molecular flexibility index (Phi) is 2.76. The number of aromatic nitrogens is 2. The minimum atomic E-state index is 0.228. The Morgan fingerprint density at radius 1 is 0.895 bits per heavy atom. The zero-order valence-electron chi connectivity index (χ0n) is 10.4. The monoisotopic (exact) mass is 252 g/mol. The van der Waals surface area contributed by atoms with Gasteiger partial charge in [0.1, 0.15) is 5.75 Å². The number of benzene rings is 1. The molecule has 0 aliphatic carbocycles. The quantitative estimate of drug-likeness (QED) is 0.759. The van der Waals surface area contributed by atoms with Gasteiger partial charge < -0.3 is 9.52 Å². The Morgan fingerprint density at radius 2 is 1.63 bits per heavy atom. The molecule has 0 atom stereocenters. The van der Waals surface area contributed by atoms with E-state index in [1.54, 1.807) is 36.7 Å². The lowest BCUT2D eigenvalue weighted by Gasteiger charge is -1.97. The van der Waals surface area contributed by atoms with E-state index in [1.807, 2.05) is 19.1 Å². The first-order chi connectivity index (χ1) is 9.22. The highest BCUT2D eigenvalue weighted by atomic mass is 16.4. The lowest BCUT2D eigenvalue weighted by molar-refractivity contribution is 0.475. The molecule has 0 bridgehead atoms. The average Bonchev–Trinajstić information content (AvgIpc) is 2.90. The van der Waals surface area contributed by atoms with Gasteiger partial charge in [-0.1, -0.05) is 0 Å². The third-order valence-corrected chi connectivity index (χ3v) is 2.82. The molecule has 2 heterocycles. The van der Waals surface area contributed by atoms with Gasteiger partial charge >= 0.3 is 0 Å². The van der Waals surface area contributed by atoms with Crippen molar-refractivity contribution in [3.05, 3.63) is 54.5 Å². The molecule has 0 fully saturated rings. The molecule has 1 aromatic carbocycles. The Bertz CT molecular complexity index is 625. The van der Waals surface area contributed by atoms with Crippen molar-refractivity contribution in [2.75, 3.05) is 0 Å². The Morgan fingerprint density at radius 3 is 2.32 bits per heavy atom. The Hall–Kier alpha value is -2.62. The van der Waals surface area contributed by atoms with Gasteiger partial charge in [0.15, 0.2) is 5.76 Å². The SMILES string of the molecule is Cc1ccc(-c2ncc(-c3ccc(O)cc3)o2)cn1. The summed E-state index contributed by atoms with van der Waals surface area (Å²) in [5.41, 5.74) is 2.67. The van der Waals surface area contributed by atoms with E-state index in [0.717, 1.165) is 16.8 Å². The molecular formula is C15H12N2O2. The van der Waals surface area contributed by atoms with Crippen molar-refractivity contribution in [1.29, 1.82) is 0 Å². The molecule has 1 N–H and O–H groups in total. The van der Waals surface area contributed by atoms with Gasteiger partial charge in [0, 0.05) is 17.5 Å². The number of phenolic OH excluding ortho intramolecular Hbond substituents is 1. The first-order valence-corrected chi connectivity index (χ1v) is 5.90. The van der Waals surface area contributed by atoms with Gasteiger partial charge in [-0.2, -0.15) is 0 Å². The van der Waals surface area contributed by atoms with Crippen LogP contribution in [0.4, 0.5) is 0 Å². The van der Waals surface area contributed by atoms with Crippen LogP contribution in [0.5, 0.6) is 5.75 Å². The first-order valence-electron chi connectivity index (χ1n) is 5.90. The summed E-state index contributed by atoms with van der Waals surface area (Å²) in [6.45, 7) is 1.93. The van der Waals surface area contributed by atoms with Gasteiger partial charge in [-0.3, -0.25) is 4.98 Å². The van der Waals surface area contributed by atoms with E-state index in [4.69, 9.17) is 4.42 Å². The maximum Gasteiger partial charge on any atom is 0.228 e. The Balaban J connectivity index is 1.95. The molecule has 0 radical (unpaired) electrons. The maximum absolute atomic E-state index is 9.26. The number of aryl methyl sites for hydroxylation is 1. The standard InChI is InChI=1S/C15H12N2O2/c1-10-2-3-12(8-16-10)15-17-9-14(19-15)11-4-6-13(18)7-5-11/h2-9,18H,1H3. The van der Waals surface area contributed by atoms with Crippen LogP contribution < -0.4 is 0 Å². The van der Waals surface area contributed by atoms with E-state index in [9.17, 15) is 5.11 Å². The number of hydrogen-bond acceptors (Lipinski definition) is 4. The van der Waals surface area contributed by atoms with Gasteiger partial charge in [0.2, 0.25) is 5.89 Å². The van der Waals surface area contributed by atoms with Crippen molar-refractivity contribution in [3.8, 4) is 28.5 Å². The number of nitrogens with zero attached hydrogens (tertiary/aromatic N) is 2. The summed E-state index contributed by atoms with van der Waals surface area (Å²) < 4.78 is 5.70. The van der Waals surface area contributed by atoms with E-state index in [-0.39, 0.29) is 5.75 Å². The number of oxazole rings is 1. The zero-order chi connectivity index (χ0) is 13.2. The second-order valence-corrected chi connectivity index (χ2v) is 4.26. The van der Waals surface area contributed by atoms with E-state index in [1.165, 1.54) is 0 Å². The lowest BCUT2D eigenvalue weighted by Crippen LogP contribution is -1.82. The number of aromatic hydroxyl groups is 1. The second-order valence-electron chi connectivity index (χ2n) is 4.26. The molecular weight excluding hydrogens is 240 g/mol. The summed E-state index contributed by atoms with van der Waals surface area (Å²) in [5.74, 6) is 1.43. The van der Waals surface area contributed by atoms with Crippen LogP contribution in [0.2, 0.25) is 0 Å². The third-order valence-electron chi connectivity index (χ3n) is 2.82. The van der Waals surface area contributed by atoms with Crippen LogP contribution in [-0.2, 0) is 0 Å². The third kappa shape index (κ3) is 2.33. The summed E-state index contributed by atoms with van der Waals surface area (Å²) in [6, 6.07) is 10.6. The van der Waals surface area contributed by atoms with Crippen molar-refractivity contribution in [2.45, 2.75) is 6.92 Å². The minimum Gasteiger partial charge on any atom is -0.508 e. The topological polar surface area (TPSA) is 59.2 Å². The largest absolute Gasteiger partial charge is 0.508 e. The van der Waals surface area contributed by atoms with Gasteiger partial charge in [-0.05, 0) is 43.3 Å². The molecule has 0 spiro atoms. The van der Waals surface area contributed by atoms with E-state index >= 15 is 0 Å². The van der Waals surface area contributed by atoms with Gasteiger partial charge in [-0.25, -0.2) is 4.98 Å². The van der Waals surface area contributed by atoms with Gasteiger partial charge in [-0.15, -0.1) is 0 Å². The molecule has 4 heteroatoms. The number of pyridine rings is 1. The molecule has 4 nitrogen and oxygen atoms in total. The molecule has 0 aliphatic rings. The highest BCUT2D eigenvalue weighted by molar-refractivity contribution is 5.61. The second kappa shape index (κ2) is 4.57. The van der Waals surface area contributed by atoms with Crippen molar-refractivity contribution in [3.63, 3.8) is 0 Å². The smallest absolute Gasteiger partial charge is 0.228 e. The number of rotatable bonds is 2. The minimum absolute atomic E-state index is 0.228. The summed E-state index contributed by atoms with van der Waals surface area (Å²) in [7, 11) is 0. The van der Waals surface area contributed by atoms with E-state index < -0.39 is 0 Å². The fraction of sp³-hybridized carbons (Fsp3) is 0.0667. The van der Waals surface area contributed by atoms with Crippen molar-refractivity contribution in [1.82, 2.24) is 9.97 Å². The number of hydrogen-bond donors (Lipinski definition) is 1. The van der Waals surface area contributed by atoms with E-state index in [0.29, 0.717) is 11.7 Å². The average molecular weight is 252 g/mol. The maximum atomic E-state index is 9.26. The normalized spacial score (nSPS) is 10.6. The molecule has 0 unspecified atom stereocenters. The predicted octanol–water partition coefficient (Wildman–Crippen LogP) is 3.42. The van der Waals surface area contributed by atoms with Crippen molar-refractivity contribution in [2.24, 2.45) is 0 Å². The first kappa shape index (κ1) is 11.5. The van der Waals surface area contributed by atoms with Crippen LogP contribution in [0.1, 0.15) is 5.69 Å². The predicted molar refractivity (Wildman–Crippen MR) is 71.6 cm³/mol. The van der Waals surface area contributed by atoms with Crippen LogP contribution in [0, 0.1) is 6.92 Å². The van der Waals surface area contributed by atoms with Crippen LogP contribution >= 0.6 is 0 Å². The van der Waals surface area contributed by atoms with Crippen LogP contribution in [0.3, 0.4) is 0 Å². The lowest BCUT2D eigenvalue weighted by atomic mass is 10.2. The van der Waals surface area contributed by atoms with Crippen molar-refractivity contribution >= 4 is 0 Å². The molecule has 0 amide bonds. The summed E-state index contributed by atoms with van der Waals surface area (Å²) in [6.07, 6.45) is 3.41. The number of phenols is 1. The highest BCUT2D eigenvalue weighted by Crippen LogP contribution is 2.26. The summed E-state index contributed by atoms with van der Waals surface area (Å²) in [5, 5.41) is 9.26.